The van der Waals surface area contributed by atoms with E-state index < -0.39 is 0 Å². The van der Waals surface area contributed by atoms with Crippen molar-refractivity contribution in [2.24, 2.45) is 17.6 Å². The van der Waals surface area contributed by atoms with Crippen molar-refractivity contribution in [3.63, 3.8) is 0 Å². The number of carbonyl (C=O) groups is 1. The Morgan fingerprint density at radius 3 is 2.67 bits per heavy atom. The molecule has 4 nitrogen and oxygen atoms in total. The van der Waals surface area contributed by atoms with Gasteiger partial charge in [0.15, 0.2) is 0 Å². The van der Waals surface area contributed by atoms with Crippen LogP contribution in [0.4, 0.5) is 0 Å². The largest absolute Gasteiger partial charge is 0.494 e. The second kappa shape index (κ2) is 8.72. The summed E-state index contributed by atoms with van der Waals surface area (Å²) in [6, 6.07) is 8.09. The molecule has 2 bridgehead atoms. The highest BCUT2D eigenvalue weighted by atomic mass is 35.5. The molecule has 3 N–H and O–H groups in total. The Hall–Kier alpha value is -1.26. The van der Waals surface area contributed by atoms with Crippen LogP contribution >= 0.6 is 12.4 Å². The Morgan fingerprint density at radius 1 is 1.29 bits per heavy atom. The van der Waals surface area contributed by atoms with Crippen LogP contribution in [-0.4, -0.2) is 24.6 Å². The SMILES string of the molecule is CCCOc1cccc(C(=O)NC2C3CCCC2CC(N)C3)c1.Cl. The van der Waals surface area contributed by atoms with Crippen molar-refractivity contribution in [2.75, 3.05) is 6.61 Å². The molecule has 1 amide bonds. The van der Waals surface area contributed by atoms with Gasteiger partial charge >= 0.3 is 0 Å². The summed E-state index contributed by atoms with van der Waals surface area (Å²) in [5.74, 6) is 1.87. The van der Waals surface area contributed by atoms with E-state index in [1.165, 1.54) is 19.3 Å². The number of hydrogen-bond acceptors (Lipinski definition) is 3. The molecule has 3 rings (SSSR count). The fourth-order valence-corrected chi connectivity index (χ4v) is 4.21. The molecular weight excluding hydrogens is 324 g/mol. The topological polar surface area (TPSA) is 64.3 Å². The van der Waals surface area contributed by atoms with E-state index in [2.05, 4.69) is 12.2 Å². The summed E-state index contributed by atoms with van der Waals surface area (Å²) in [5, 5.41) is 3.29. The summed E-state index contributed by atoms with van der Waals surface area (Å²) >= 11 is 0. The molecule has 2 unspecified atom stereocenters. The van der Waals surface area contributed by atoms with Crippen LogP contribution in [0, 0.1) is 11.8 Å². The van der Waals surface area contributed by atoms with Crippen LogP contribution in [0.15, 0.2) is 24.3 Å². The molecule has 0 radical (unpaired) electrons. The number of carbonyl (C=O) groups excluding carboxylic acids is 1. The van der Waals surface area contributed by atoms with Gasteiger partial charge in [-0.1, -0.05) is 19.4 Å². The summed E-state index contributed by atoms with van der Waals surface area (Å²) in [7, 11) is 0. The lowest BCUT2D eigenvalue weighted by Crippen LogP contribution is -2.53. The van der Waals surface area contributed by atoms with Gasteiger partial charge in [0.2, 0.25) is 0 Å². The van der Waals surface area contributed by atoms with Crippen LogP contribution in [0.3, 0.4) is 0 Å². The number of amides is 1. The molecule has 2 fully saturated rings. The molecule has 2 aliphatic carbocycles. The second-order valence-corrected chi connectivity index (χ2v) is 7.06. The van der Waals surface area contributed by atoms with Crippen molar-refractivity contribution in [1.82, 2.24) is 5.32 Å². The number of ether oxygens (including phenoxy) is 1. The number of nitrogens with two attached hydrogens (primary N) is 1. The zero-order valence-electron chi connectivity index (χ0n) is 14.4. The minimum absolute atomic E-state index is 0. The van der Waals surface area contributed by atoms with Crippen LogP contribution in [0.2, 0.25) is 0 Å². The highest BCUT2D eigenvalue weighted by Gasteiger charge is 2.39. The lowest BCUT2D eigenvalue weighted by molar-refractivity contribution is 0.0755. The fourth-order valence-electron chi connectivity index (χ4n) is 4.21. The molecule has 1 aromatic carbocycles. The first-order valence-corrected chi connectivity index (χ1v) is 8.96. The van der Waals surface area contributed by atoms with Gasteiger partial charge in [0.1, 0.15) is 5.75 Å². The third-order valence-corrected chi connectivity index (χ3v) is 5.24. The third-order valence-electron chi connectivity index (χ3n) is 5.24. The number of benzene rings is 1. The van der Waals surface area contributed by atoms with Crippen molar-refractivity contribution < 1.29 is 9.53 Å². The normalized spacial score (nSPS) is 28.6. The Balaban J connectivity index is 0.00000208. The molecule has 1 aromatic rings. The second-order valence-electron chi connectivity index (χ2n) is 7.06. The Morgan fingerprint density at radius 2 is 2.00 bits per heavy atom. The zero-order chi connectivity index (χ0) is 16.2. The number of hydrogen-bond donors (Lipinski definition) is 2. The maximum Gasteiger partial charge on any atom is 0.251 e. The van der Waals surface area contributed by atoms with Crippen LogP contribution in [0.25, 0.3) is 0 Å². The van der Waals surface area contributed by atoms with Crippen LogP contribution in [-0.2, 0) is 0 Å². The van der Waals surface area contributed by atoms with Gasteiger partial charge < -0.3 is 15.8 Å². The first-order valence-electron chi connectivity index (χ1n) is 8.96. The van der Waals surface area contributed by atoms with Crippen LogP contribution < -0.4 is 15.8 Å². The van der Waals surface area contributed by atoms with Gasteiger partial charge in [0.05, 0.1) is 6.61 Å². The monoisotopic (exact) mass is 352 g/mol. The summed E-state index contributed by atoms with van der Waals surface area (Å²) in [4.78, 5) is 12.7. The van der Waals surface area contributed by atoms with Crippen molar-refractivity contribution in [2.45, 2.75) is 57.5 Å². The summed E-state index contributed by atoms with van der Waals surface area (Å²) in [5.41, 5.74) is 6.85. The van der Waals surface area contributed by atoms with Gasteiger partial charge in [-0.05, 0) is 62.1 Å². The molecule has 0 spiro atoms. The lowest BCUT2D eigenvalue weighted by Gasteiger charge is -2.45. The Kier molecular flexibility index (Phi) is 6.93. The van der Waals surface area contributed by atoms with E-state index >= 15 is 0 Å². The average Bonchev–Trinajstić information content (AvgIpc) is 2.54. The Bertz CT molecular complexity index is 538. The van der Waals surface area contributed by atoms with Crippen LogP contribution in [0.1, 0.15) is 55.8 Å². The first-order chi connectivity index (χ1) is 11.2. The minimum Gasteiger partial charge on any atom is -0.494 e. The van der Waals surface area contributed by atoms with Crippen molar-refractivity contribution >= 4 is 18.3 Å². The van der Waals surface area contributed by atoms with Gasteiger partial charge in [-0.2, -0.15) is 0 Å². The van der Waals surface area contributed by atoms with E-state index in [0.717, 1.165) is 25.0 Å². The minimum atomic E-state index is 0. The number of rotatable bonds is 5. The molecule has 134 valence electrons. The quantitative estimate of drug-likeness (QED) is 0.852. The van der Waals surface area contributed by atoms with Gasteiger partial charge in [0, 0.05) is 17.6 Å². The highest BCUT2D eigenvalue weighted by molar-refractivity contribution is 5.94. The molecule has 2 saturated carbocycles. The molecule has 0 aromatic heterocycles. The van der Waals surface area contributed by atoms with Crippen molar-refractivity contribution in [3.8, 4) is 5.75 Å². The third kappa shape index (κ3) is 4.42. The van der Waals surface area contributed by atoms with Crippen molar-refractivity contribution in [3.05, 3.63) is 29.8 Å². The number of nitrogens with one attached hydrogen (secondary N) is 1. The van der Waals surface area contributed by atoms with Crippen molar-refractivity contribution in [1.29, 1.82) is 0 Å². The first kappa shape index (κ1) is 19.1. The smallest absolute Gasteiger partial charge is 0.251 e. The highest BCUT2D eigenvalue weighted by Crippen LogP contribution is 2.39. The zero-order valence-corrected chi connectivity index (χ0v) is 15.2. The summed E-state index contributed by atoms with van der Waals surface area (Å²) in [6.07, 6.45) is 6.70. The molecule has 2 atom stereocenters. The van der Waals surface area contributed by atoms with E-state index in [1.807, 2.05) is 24.3 Å². The van der Waals surface area contributed by atoms with Gasteiger partial charge in [-0.15, -0.1) is 12.4 Å². The van der Waals surface area contributed by atoms with E-state index in [1.54, 1.807) is 0 Å². The molecular formula is C19H29ClN2O2. The summed E-state index contributed by atoms with van der Waals surface area (Å²) < 4.78 is 5.63. The number of fused-ring (bicyclic) bond motifs is 2. The molecule has 0 heterocycles. The predicted octanol–water partition coefficient (Wildman–Crippen LogP) is 3.53. The average molecular weight is 353 g/mol. The fraction of sp³-hybridized carbons (Fsp3) is 0.632. The maximum absolute atomic E-state index is 12.7. The van der Waals surface area contributed by atoms with Gasteiger partial charge in [0.25, 0.3) is 5.91 Å². The predicted molar refractivity (Wildman–Crippen MR) is 98.8 cm³/mol. The van der Waals surface area contributed by atoms with E-state index in [9.17, 15) is 4.79 Å². The standard InChI is InChI=1S/C19H28N2O2.ClH/c1-2-9-23-17-8-4-7-15(12-17)19(22)21-18-13-5-3-6-14(18)11-16(20)10-13;/h4,7-8,12-14,16,18H,2-3,5-6,9-11,20H2,1H3,(H,21,22);1H. The molecule has 5 heteroatoms. The van der Waals surface area contributed by atoms with Gasteiger partial charge in [-0.3, -0.25) is 4.79 Å². The van der Waals surface area contributed by atoms with Gasteiger partial charge in [-0.25, -0.2) is 0 Å². The molecule has 0 saturated heterocycles. The van der Waals surface area contributed by atoms with E-state index in [4.69, 9.17) is 10.5 Å². The van der Waals surface area contributed by atoms with E-state index in [-0.39, 0.29) is 24.4 Å². The van der Waals surface area contributed by atoms with E-state index in [0.29, 0.717) is 30.0 Å². The molecule has 2 aliphatic rings. The summed E-state index contributed by atoms with van der Waals surface area (Å²) in [6.45, 7) is 2.75. The maximum atomic E-state index is 12.7. The molecule has 0 aliphatic heterocycles. The lowest BCUT2D eigenvalue weighted by atomic mass is 9.67. The molecule has 24 heavy (non-hydrogen) atoms. The number of halogens is 1. The Labute approximate surface area is 150 Å². The van der Waals surface area contributed by atoms with Crippen LogP contribution in [0.5, 0.6) is 5.75 Å².